The van der Waals surface area contributed by atoms with Crippen LogP contribution in [0, 0.1) is 0 Å². The van der Waals surface area contributed by atoms with Crippen LogP contribution in [0.4, 0.5) is 11.4 Å². The third-order valence-electron chi connectivity index (χ3n) is 6.89. The minimum absolute atomic E-state index is 0.00868. The molecular formula is C31H29BrN2O4. The number of rotatable bonds is 5. The van der Waals surface area contributed by atoms with Crippen molar-refractivity contribution in [1.29, 1.82) is 0 Å². The van der Waals surface area contributed by atoms with E-state index in [-0.39, 0.29) is 16.7 Å². The van der Waals surface area contributed by atoms with E-state index in [4.69, 9.17) is 4.42 Å². The van der Waals surface area contributed by atoms with Crippen molar-refractivity contribution >= 4 is 50.0 Å². The molecule has 0 bridgehead atoms. The fourth-order valence-electron chi connectivity index (χ4n) is 4.75. The van der Waals surface area contributed by atoms with Gasteiger partial charge >= 0.3 is 0 Å². The third kappa shape index (κ3) is 4.52. The third-order valence-corrected chi connectivity index (χ3v) is 7.38. The van der Waals surface area contributed by atoms with Gasteiger partial charge < -0.3 is 14.4 Å². The Morgan fingerprint density at radius 3 is 2.24 bits per heavy atom. The van der Waals surface area contributed by atoms with Crippen LogP contribution >= 0.6 is 15.9 Å². The summed E-state index contributed by atoms with van der Waals surface area (Å²) in [6, 6.07) is 21.5. The second kappa shape index (κ2) is 9.48. The van der Waals surface area contributed by atoms with Gasteiger partial charge in [0.25, 0.3) is 5.91 Å². The predicted octanol–water partition coefficient (Wildman–Crippen LogP) is 7.34. The molecule has 2 heterocycles. The van der Waals surface area contributed by atoms with Crippen molar-refractivity contribution in [3.8, 4) is 0 Å². The van der Waals surface area contributed by atoms with E-state index in [9.17, 15) is 14.7 Å². The Labute approximate surface area is 230 Å². The van der Waals surface area contributed by atoms with Crippen molar-refractivity contribution in [3.05, 3.63) is 105 Å². The lowest BCUT2D eigenvalue weighted by atomic mass is 9.87. The Hall–Kier alpha value is -3.84. The number of amides is 1. The second-order valence-corrected chi connectivity index (χ2v) is 11.7. The smallest absolute Gasteiger partial charge is 0.294 e. The molecule has 38 heavy (non-hydrogen) atoms. The highest BCUT2D eigenvalue weighted by Gasteiger charge is 2.45. The number of aliphatic hydroxyl groups excluding tert-OH is 1. The number of hydrogen-bond donors (Lipinski definition) is 1. The van der Waals surface area contributed by atoms with Gasteiger partial charge in [0.05, 0.1) is 11.6 Å². The Bertz CT molecular complexity index is 1580. The van der Waals surface area contributed by atoms with Gasteiger partial charge in [0, 0.05) is 35.3 Å². The first kappa shape index (κ1) is 25.8. The van der Waals surface area contributed by atoms with E-state index in [1.165, 1.54) is 4.90 Å². The highest BCUT2D eigenvalue weighted by molar-refractivity contribution is 9.10. The number of benzene rings is 3. The molecule has 1 aliphatic heterocycles. The number of furan rings is 1. The van der Waals surface area contributed by atoms with Crippen molar-refractivity contribution < 1.29 is 19.1 Å². The Balaban J connectivity index is 1.63. The van der Waals surface area contributed by atoms with Crippen molar-refractivity contribution in [3.63, 3.8) is 0 Å². The van der Waals surface area contributed by atoms with Gasteiger partial charge in [-0.1, -0.05) is 61.0 Å². The van der Waals surface area contributed by atoms with E-state index >= 15 is 0 Å². The van der Waals surface area contributed by atoms with E-state index < -0.39 is 23.5 Å². The van der Waals surface area contributed by atoms with Crippen molar-refractivity contribution in [2.75, 3.05) is 23.9 Å². The molecule has 194 valence electrons. The molecule has 1 unspecified atom stereocenters. The maximum absolute atomic E-state index is 13.9. The first-order chi connectivity index (χ1) is 18.0. The molecule has 0 fully saturated rings. The van der Waals surface area contributed by atoms with Crippen LogP contribution in [0.25, 0.3) is 11.0 Å². The van der Waals surface area contributed by atoms with E-state index in [1.807, 2.05) is 79.7 Å². The molecule has 0 aliphatic carbocycles. The molecule has 0 spiro atoms. The van der Waals surface area contributed by atoms with Gasteiger partial charge in [-0.2, -0.15) is 0 Å². The first-order valence-electron chi connectivity index (χ1n) is 12.3. The molecule has 5 rings (SSSR count). The number of hydrogen-bond acceptors (Lipinski definition) is 5. The summed E-state index contributed by atoms with van der Waals surface area (Å²) >= 11 is 3.44. The SMILES string of the molecule is CN(C)c1ccc(C2C(C(=O)c3cc4cc(Br)ccc4o3)=C(O)C(=O)N2c2ccc(C(C)(C)C)cc2)cc1. The molecule has 0 radical (unpaired) electrons. The van der Waals surface area contributed by atoms with Gasteiger partial charge in [-0.05, 0) is 65.1 Å². The first-order valence-corrected chi connectivity index (χ1v) is 13.1. The summed E-state index contributed by atoms with van der Waals surface area (Å²) in [5, 5.41) is 11.9. The zero-order valence-electron chi connectivity index (χ0n) is 21.9. The van der Waals surface area contributed by atoms with Gasteiger partial charge in [-0.3, -0.25) is 14.5 Å². The van der Waals surface area contributed by atoms with Crippen LogP contribution in [0.1, 0.15) is 48.5 Å². The number of Topliss-reactive ketones (excluding diaryl/α,β-unsaturated/α-hetero) is 1. The number of halogens is 1. The number of nitrogens with zero attached hydrogens (tertiary/aromatic N) is 2. The average molecular weight is 573 g/mol. The highest BCUT2D eigenvalue weighted by atomic mass is 79.9. The Morgan fingerprint density at radius 1 is 0.974 bits per heavy atom. The molecule has 0 saturated heterocycles. The van der Waals surface area contributed by atoms with Crippen LogP contribution in [-0.4, -0.2) is 30.9 Å². The average Bonchev–Trinajstić information content (AvgIpc) is 3.41. The van der Waals surface area contributed by atoms with Crippen molar-refractivity contribution in [2.45, 2.75) is 32.2 Å². The topological polar surface area (TPSA) is 74.0 Å². The van der Waals surface area contributed by atoms with Gasteiger partial charge in [0.15, 0.2) is 11.5 Å². The maximum Gasteiger partial charge on any atom is 0.294 e. The Kier molecular flexibility index (Phi) is 6.43. The van der Waals surface area contributed by atoms with E-state index in [0.29, 0.717) is 16.8 Å². The Morgan fingerprint density at radius 2 is 1.63 bits per heavy atom. The molecule has 1 N–H and O–H groups in total. The summed E-state index contributed by atoms with van der Waals surface area (Å²) in [7, 11) is 3.88. The lowest BCUT2D eigenvalue weighted by Gasteiger charge is -2.28. The van der Waals surface area contributed by atoms with E-state index in [2.05, 4.69) is 36.7 Å². The molecule has 3 aromatic carbocycles. The lowest BCUT2D eigenvalue weighted by molar-refractivity contribution is -0.117. The largest absolute Gasteiger partial charge is 0.503 e. The molecule has 6 nitrogen and oxygen atoms in total. The molecule has 1 amide bonds. The van der Waals surface area contributed by atoms with E-state index in [0.717, 1.165) is 21.1 Å². The zero-order chi connectivity index (χ0) is 27.4. The van der Waals surface area contributed by atoms with Crippen LogP contribution in [0.15, 0.2) is 93.0 Å². The van der Waals surface area contributed by atoms with Crippen LogP contribution in [0.3, 0.4) is 0 Å². The molecule has 1 atom stereocenters. The fraction of sp³-hybridized carbons (Fsp3) is 0.226. The van der Waals surface area contributed by atoms with Crippen molar-refractivity contribution in [1.82, 2.24) is 0 Å². The van der Waals surface area contributed by atoms with Gasteiger partial charge in [0.2, 0.25) is 5.78 Å². The predicted molar refractivity (Wildman–Crippen MR) is 154 cm³/mol. The van der Waals surface area contributed by atoms with Gasteiger partial charge in [-0.15, -0.1) is 0 Å². The number of anilines is 2. The minimum Gasteiger partial charge on any atom is -0.503 e. The second-order valence-electron chi connectivity index (χ2n) is 10.7. The normalized spacial score (nSPS) is 16.0. The van der Waals surface area contributed by atoms with Crippen LogP contribution in [0.2, 0.25) is 0 Å². The summed E-state index contributed by atoms with van der Waals surface area (Å²) in [5.74, 6) is -1.67. The molecule has 4 aromatic rings. The number of ketones is 1. The summed E-state index contributed by atoms with van der Waals surface area (Å²) in [6.45, 7) is 6.36. The van der Waals surface area contributed by atoms with Crippen LogP contribution in [-0.2, 0) is 10.2 Å². The molecular weight excluding hydrogens is 544 g/mol. The maximum atomic E-state index is 13.9. The standard InChI is InChI=1S/C31H29BrN2O4/c1-31(2,3)20-8-13-23(14-9-20)34-27(18-6-11-22(12-7-18)33(4)5)26(29(36)30(34)37)28(35)25-17-19-16-21(32)10-15-24(19)38-25/h6-17,27,36H,1-5H3. The minimum atomic E-state index is -0.827. The summed E-state index contributed by atoms with van der Waals surface area (Å²) in [4.78, 5) is 30.9. The summed E-state index contributed by atoms with van der Waals surface area (Å²) in [5.41, 5.74) is 3.85. The molecule has 7 heteroatoms. The quantitative estimate of drug-likeness (QED) is 0.253. The molecule has 0 saturated carbocycles. The lowest BCUT2D eigenvalue weighted by Crippen LogP contribution is -2.31. The monoisotopic (exact) mass is 572 g/mol. The van der Waals surface area contributed by atoms with Crippen LogP contribution < -0.4 is 9.80 Å². The van der Waals surface area contributed by atoms with Gasteiger partial charge in [-0.25, -0.2) is 0 Å². The summed E-state index contributed by atoms with van der Waals surface area (Å²) in [6.07, 6.45) is 0. The van der Waals surface area contributed by atoms with Gasteiger partial charge in [0.1, 0.15) is 5.58 Å². The number of carbonyl (C=O) groups is 2. The highest BCUT2D eigenvalue weighted by Crippen LogP contribution is 2.43. The van der Waals surface area contributed by atoms with E-state index in [1.54, 1.807) is 12.1 Å². The number of fused-ring (bicyclic) bond motifs is 1. The van der Waals surface area contributed by atoms with Crippen molar-refractivity contribution in [2.24, 2.45) is 0 Å². The molecule has 1 aliphatic rings. The zero-order valence-corrected chi connectivity index (χ0v) is 23.5. The summed E-state index contributed by atoms with van der Waals surface area (Å²) < 4.78 is 6.71. The number of aliphatic hydroxyl groups is 1. The number of carbonyl (C=O) groups excluding carboxylic acids is 2. The van der Waals surface area contributed by atoms with Crippen LogP contribution in [0.5, 0.6) is 0 Å². The molecule has 1 aromatic heterocycles. The fourth-order valence-corrected chi connectivity index (χ4v) is 5.13.